The van der Waals surface area contributed by atoms with Crippen LogP contribution in [-0.4, -0.2) is 11.1 Å². The molecule has 1 N–H and O–H groups in total. The van der Waals surface area contributed by atoms with E-state index >= 15 is 0 Å². The van der Waals surface area contributed by atoms with Crippen LogP contribution in [-0.2, 0) is 0 Å². The molecule has 98 valence electrons. The molecule has 2 aromatic rings. The molecule has 2 rings (SSSR count). The van der Waals surface area contributed by atoms with E-state index < -0.39 is 5.97 Å². The molecule has 0 radical (unpaired) electrons. The molecule has 19 heavy (non-hydrogen) atoms. The molecule has 0 saturated carbocycles. The molecule has 0 amide bonds. The van der Waals surface area contributed by atoms with Crippen LogP contribution in [0.2, 0.25) is 5.02 Å². The first-order valence-corrected chi connectivity index (χ1v) is 6.87. The van der Waals surface area contributed by atoms with Crippen molar-refractivity contribution in [2.45, 2.75) is 13.8 Å². The molecule has 0 spiro atoms. The van der Waals surface area contributed by atoms with Gasteiger partial charge < -0.3 is 5.11 Å². The van der Waals surface area contributed by atoms with E-state index in [1.54, 1.807) is 6.07 Å². The minimum Gasteiger partial charge on any atom is -0.478 e. The summed E-state index contributed by atoms with van der Waals surface area (Å²) in [6, 6.07) is 9.04. The molecule has 0 atom stereocenters. The number of carbonyl (C=O) groups is 1. The number of aromatic carboxylic acids is 1. The second kappa shape index (κ2) is 5.35. The maximum Gasteiger partial charge on any atom is 0.336 e. The molecule has 2 nitrogen and oxygen atoms in total. The maximum absolute atomic E-state index is 11.4. The van der Waals surface area contributed by atoms with Gasteiger partial charge >= 0.3 is 5.97 Å². The maximum atomic E-state index is 11.4. The molecule has 0 aromatic heterocycles. The summed E-state index contributed by atoms with van der Waals surface area (Å²) < 4.78 is 0.747. The highest BCUT2D eigenvalue weighted by Gasteiger charge is 2.14. The highest BCUT2D eigenvalue weighted by Crippen LogP contribution is 2.32. The third-order valence-corrected chi connectivity index (χ3v) is 3.91. The summed E-state index contributed by atoms with van der Waals surface area (Å²) in [5.41, 5.74) is 3.76. The number of hydrogen-bond acceptors (Lipinski definition) is 1. The van der Waals surface area contributed by atoms with Crippen LogP contribution in [0, 0.1) is 13.8 Å². The average molecular weight is 340 g/mol. The van der Waals surface area contributed by atoms with Crippen molar-refractivity contribution in [1.82, 2.24) is 0 Å². The number of carboxylic acid groups (broad SMARTS) is 1. The molecule has 2 aromatic carbocycles. The van der Waals surface area contributed by atoms with E-state index in [1.165, 1.54) is 0 Å². The molecule has 0 fully saturated rings. The van der Waals surface area contributed by atoms with Crippen molar-refractivity contribution in [1.29, 1.82) is 0 Å². The van der Waals surface area contributed by atoms with Gasteiger partial charge in [-0.3, -0.25) is 0 Å². The Bertz CT molecular complexity index is 665. The van der Waals surface area contributed by atoms with Gasteiger partial charge in [-0.1, -0.05) is 33.6 Å². The lowest BCUT2D eigenvalue weighted by molar-refractivity contribution is 0.0697. The van der Waals surface area contributed by atoms with Crippen molar-refractivity contribution in [3.05, 3.63) is 56.5 Å². The molecule has 0 unspecified atom stereocenters. The van der Waals surface area contributed by atoms with Gasteiger partial charge in [-0.25, -0.2) is 4.79 Å². The Kier molecular flexibility index (Phi) is 3.97. The largest absolute Gasteiger partial charge is 0.478 e. The quantitative estimate of drug-likeness (QED) is 0.828. The van der Waals surface area contributed by atoms with Gasteiger partial charge in [0.2, 0.25) is 0 Å². The van der Waals surface area contributed by atoms with Gasteiger partial charge in [0, 0.05) is 9.50 Å². The molecule has 4 heteroatoms. The highest BCUT2D eigenvalue weighted by molar-refractivity contribution is 9.10. The number of halogens is 2. The summed E-state index contributed by atoms with van der Waals surface area (Å²) in [7, 11) is 0. The van der Waals surface area contributed by atoms with Crippen LogP contribution >= 0.6 is 27.5 Å². The molecule has 0 aliphatic heterocycles. The summed E-state index contributed by atoms with van der Waals surface area (Å²) in [5.74, 6) is -0.941. The van der Waals surface area contributed by atoms with E-state index in [4.69, 9.17) is 11.6 Å². The third-order valence-electron chi connectivity index (χ3n) is 3.01. The van der Waals surface area contributed by atoms with Gasteiger partial charge in [-0.2, -0.15) is 0 Å². The van der Waals surface area contributed by atoms with Crippen LogP contribution in [0.1, 0.15) is 21.5 Å². The number of aryl methyl sites for hydroxylation is 2. The minimum absolute atomic E-state index is 0.277. The zero-order chi connectivity index (χ0) is 14.2. The fourth-order valence-corrected chi connectivity index (χ4v) is 2.58. The van der Waals surface area contributed by atoms with E-state index in [0.29, 0.717) is 10.6 Å². The molecule has 0 aliphatic rings. The molecule has 0 saturated heterocycles. The summed E-state index contributed by atoms with van der Waals surface area (Å²) in [5, 5.41) is 10.0. The topological polar surface area (TPSA) is 37.3 Å². The summed E-state index contributed by atoms with van der Waals surface area (Å²) in [4.78, 5) is 11.4. The number of rotatable bonds is 2. The van der Waals surface area contributed by atoms with Crippen molar-refractivity contribution >= 4 is 33.5 Å². The second-order valence-electron chi connectivity index (χ2n) is 4.41. The van der Waals surface area contributed by atoms with E-state index in [-0.39, 0.29) is 5.56 Å². The van der Waals surface area contributed by atoms with Crippen LogP contribution in [0.15, 0.2) is 34.8 Å². The zero-order valence-corrected chi connectivity index (χ0v) is 12.8. The Morgan fingerprint density at radius 2 is 1.79 bits per heavy atom. The Hall–Kier alpha value is -1.32. The van der Waals surface area contributed by atoms with E-state index in [2.05, 4.69) is 15.9 Å². The Balaban J connectivity index is 2.72. The van der Waals surface area contributed by atoms with Crippen LogP contribution < -0.4 is 0 Å². The Morgan fingerprint density at radius 3 is 2.42 bits per heavy atom. The Labute approximate surface area is 125 Å². The lowest BCUT2D eigenvalue weighted by Crippen LogP contribution is -2.00. The van der Waals surface area contributed by atoms with Gasteiger partial charge in [0.25, 0.3) is 0 Å². The van der Waals surface area contributed by atoms with Crippen LogP contribution in [0.3, 0.4) is 0 Å². The predicted molar refractivity (Wildman–Crippen MR) is 81.0 cm³/mol. The smallest absolute Gasteiger partial charge is 0.336 e. The predicted octanol–water partition coefficient (Wildman–Crippen LogP) is 5.08. The lowest BCUT2D eigenvalue weighted by Gasteiger charge is -2.12. The van der Waals surface area contributed by atoms with Crippen molar-refractivity contribution in [2.24, 2.45) is 0 Å². The minimum atomic E-state index is -0.941. The van der Waals surface area contributed by atoms with Gasteiger partial charge in [0.1, 0.15) is 0 Å². The van der Waals surface area contributed by atoms with Crippen LogP contribution in [0.5, 0.6) is 0 Å². The first-order valence-electron chi connectivity index (χ1n) is 5.70. The van der Waals surface area contributed by atoms with Crippen molar-refractivity contribution < 1.29 is 9.90 Å². The lowest BCUT2D eigenvalue weighted by atomic mass is 9.94. The molecule has 0 heterocycles. The highest BCUT2D eigenvalue weighted by atomic mass is 79.9. The normalized spacial score (nSPS) is 10.5. The summed E-state index contributed by atoms with van der Waals surface area (Å²) >= 11 is 9.37. The van der Waals surface area contributed by atoms with Crippen molar-refractivity contribution in [2.75, 3.05) is 0 Å². The molecule has 0 bridgehead atoms. The molecular weight excluding hydrogens is 328 g/mol. The number of hydrogen-bond donors (Lipinski definition) is 1. The number of benzene rings is 2. The van der Waals surface area contributed by atoms with E-state index in [9.17, 15) is 9.90 Å². The third kappa shape index (κ3) is 2.82. The average Bonchev–Trinajstić information content (AvgIpc) is 2.34. The first kappa shape index (κ1) is 14.1. The van der Waals surface area contributed by atoms with Gasteiger partial charge in [0.15, 0.2) is 0 Å². The van der Waals surface area contributed by atoms with Crippen molar-refractivity contribution in [3.8, 4) is 11.1 Å². The standard InChI is InChI=1S/C15H12BrClO2/c1-8-6-14(17)9(2)5-12(8)11-4-3-10(16)7-13(11)15(18)19/h3-7H,1-2H3,(H,18,19). The van der Waals surface area contributed by atoms with Gasteiger partial charge in [-0.05, 0) is 60.4 Å². The fourth-order valence-electron chi connectivity index (χ4n) is 2.00. The van der Waals surface area contributed by atoms with E-state index in [0.717, 1.165) is 21.2 Å². The second-order valence-corrected chi connectivity index (χ2v) is 5.73. The summed E-state index contributed by atoms with van der Waals surface area (Å²) in [6.07, 6.45) is 0. The van der Waals surface area contributed by atoms with Gasteiger partial charge in [0.05, 0.1) is 5.56 Å². The van der Waals surface area contributed by atoms with Gasteiger partial charge in [-0.15, -0.1) is 0 Å². The summed E-state index contributed by atoms with van der Waals surface area (Å²) in [6.45, 7) is 3.83. The molecular formula is C15H12BrClO2. The number of carboxylic acids is 1. The van der Waals surface area contributed by atoms with E-state index in [1.807, 2.05) is 38.1 Å². The monoisotopic (exact) mass is 338 g/mol. The SMILES string of the molecule is Cc1cc(-c2ccc(Br)cc2C(=O)O)c(C)cc1Cl. The van der Waals surface area contributed by atoms with Crippen LogP contribution in [0.4, 0.5) is 0 Å². The first-order chi connectivity index (χ1) is 8.90. The zero-order valence-electron chi connectivity index (χ0n) is 10.5. The fraction of sp³-hybridized carbons (Fsp3) is 0.133. The van der Waals surface area contributed by atoms with Crippen LogP contribution in [0.25, 0.3) is 11.1 Å². The Morgan fingerprint density at radius 1 is 1.11 bits per heavy atom. The van der Waals surface area contributed by atoms with Crippen molar-refractivity contribution in [3.63, 3.8) is 0 Å². The molecule has 0 aliphatic carbocycles.